The minimum atomic E-state index is -0.315. The molecular weight excluding hydrogens is 180 g/mol. The molecule has 0 bridgehead atoms. The van der Waals surface area contributed by atoms with Crippen molar-refractivity contribution >= 4 is 0 Å². The lowest BCUT2D eigenvalue weighted by Gasteiger charge is -2.42. The van der Waals surface area contributed by atoms with Crippen molar-refractivity contribution in [3.63, 3.8) is 0 Å². The van der Waals surface area contributed by atoms with Crippen molar-refractivity contribution < 1.29 is 9.47 Å². The Balaban J connectivity index is 2.04. The molecule has 4 heteroatoms. The van der Waals surface area contributed by atoms with E-state index in [9.17, 15) is 0 Å². The normalized spacial score (nSPS) is 36.9. The van der Waals surface area contributed by atoms with Gasteiger partial charge < -0.3 is 20.1 Å². The van der Waals surface area contributed by atoms with Crippen LogP contribution in [0.3, 0.4) is 0 Å². The predicted molar refractivity (Wildman–Crippen MR) is 53.9 cm³/mol. The topological polar surface area (TPSA) is 47.7 Å². The highest BCUT2D eigenvalue weighted by Crippen LogP contribution is 2.36. The van der Waals surface area contributed by atoms with Gasteiger partial charge in [-0.25, -0.2) is 0 Å². The molecule has 1 heterocycles. The van der Waals surface area contributed by atoms with E-state index in [0.29, 0.717) is 6.04 Å². The van der Waals surface area contributed by atoms with E-state index in [0.717, 1.165) is 32.5 Å². The zero-order valence-electron chi connectivity index (χ0n) is 9.03. The number of hydrogen-bond acceptors (Lipinski definition) is 4. The quantitative estimate of drug-likeness (QED) is 0.655. The molecule has 14 heavy (non-hydrogen) atoms. The molecule has 1 saturated heterocycles. The SMILES string of the molecule is CN(C)C1CC2(CCC1N)OCCO2. The van der Waals surface area contributed by atoms with Gasteiger partial charge in [-0.3, -0.25) is 0 Å². The molecule has 82 valence electrons. The first kappa shape index (κ1) is 10.4. The second-order valence-corrected chi connectivity index (χ2v) is 4.55. The zero-order chi connectivity index (χ0) is 10.2. The molecule has 2 fully saturated rings. The monoisotopic (exact) mass is 200 g/mol. The number of ether oxygens (including phenoxy) is 2. The van der Waals surface area contributed by atoms with Crippen molar-refractivity contribution in [2.75, 3.05) is 27.3 Å². The fourth-order valence-electron chi connectivity index (χ4n) is 2.48. The Kier molecular flexibility index (Phi) is 2.79. The summed E-state index contributed by atoms with van der Waals surface area (Å²) >= 11 is 0. The average molecular weight is 200 g/mol. The van der Waals surface area contributed by atoms with Crippen LogP contribution in [0.4, 0.5) is 0 Å². The third kappa shape index (κ3) is 1.80. The van der Waals surface area contributed by atoms with Gasteiger partial charge >= 0.3 is 0 Å². The first-order valence-corrected chi connectivity index (χ1v) is 5.33. The maximum absolute atomic E-state index is 6.08. The highest BCUT2D eigenvalue weighted by Gasteiger charge is 2.44. The van der Waals surface area contributed by atoms with Gasteiger partial charge in [0.25, 0.3) is 0 Å². The molecule has 1 spiro atoms. The van der Waals surface area contributed by atoms with E-state index in [-0.39, 0.29) is 11.8 Å². The Morgan fingerprint density at radius 1 is 1.29 bits per heavy atom. The molecule has 2 atom stereocenters. The predicted octanol–water partition coefficient (Wildman–Crippen LogP) is 0.171. The summed E-state index contributed by atoms with van der Waals surface area (Å²) in [5, 5.41) is 0. The lowest BCUT2D eigenvalue weighted by atomic mass is 9.85. The molecule has 0 aromatic rings. The summed E-state index contributed by atoms with van der Waals surface area (Å²) in [5.41, 5.74) is 6.08. The van der Waals surface area contributed by atoms with Gasteiger partial charge in [-0.15, -0.1) is 0 Å². The molecule has 2 rings (SSSR count). The Hall–Kier alpha value is -0.160. The Morgan fingerprint density at radius 2 is 1.93 bits per heavy atom. The number of likely N-dealkylation sites (N-methyl/N-ethyl adjacent to an activating group) is 1. The van der Waals surface area contributed by atoms with Crippen molar-refractivity contribution in [1.82, 2.24) is 4.90 Å². The second kappa shape index (κ2) is 3.77. The molecule has 0 amide bonds. The van der Waals surface area contributed by atoms with Gasteiger partial charge in [-0.05, 0) is 20.5 Å². The average Bonchev–Trinajstić information content (AvgIpc) is 2.58. The van der Waals surface area contributed by atoms with Gasteiger partial charge in [0, 0.05) is 24.9 Å². The number of rotatable bonds is 1. The van der Waals surface area contributed by atoms with E-state index >= 15 is 0 Å². The fraction of sp³-hybridized carbons (Fsp3) is 1.00. The van der Waals surface area contributed by atoms with Crippen LogP contribution < -0.4 is 5.73 Å². The first-order valence-electron chi connectivity index (χ1n) is 5.33. The smallest absolute Gasteiger partial charge is 0.170 e. The molecule has 2 unspecified atom stereocenters. The highest BCUT2D eigenvalue weighted by molar-refractivity contribution is 4.93. The number of nitrogens with zero attached hydrogens (tertiary/aromatic N) is 1. The van der Waals surface area contributed by atoms with E-state index in [1.54, 1.807) is 0 Å². The van der Waals surface area contributed by atoms with E-state index in [4.69, 9.17) is 15.2 Å². The molecule has 0 aromatic heterocycles. The van der Waals surface area contributed by atoms with E-state index in [1.807, 2.05) is 0 Å². The van der Waals surface area contributed by atoms with Crippen LogP contribution in [0.15, 0.2) is 0 Å². The molecular formula is C10H20N2O2. The molecule has 0 radical (unpaired) electrons. The van der Waals surface area contributed by atoms with Crippen LogP contribution in [0.25, 0.3) is 0 Å². The maximum atomic E-state index is 6.08. The van der Waals surface area contributed by atoms with E-state index < -0.39 is 0 Å². The fourth-order valence-corrected chi connectivity index (χ4v) is 2.48. The molecule has 0 aromatic carbocycles. The van der Waals surface area contributed by atoms with Crippen LogP contribution in [0.2, 0.25) is 0 Å². The summed E-state index contributed by atoms with van der Waals surface area (Å²) in [6.45, 7) is 1.46. The van der Waals surface area contributed by atoms with Crippen molar-refractivity contribution in [2.45, 2.75) is 37.1 Å². The van der Waals surface area contributed by atoms with Gasteiger partial charge in [0.05, 0.1) is 13.2 Å². The van der Waals surface area contributed by atoms with Crippen LogP contribution in [0.1, 0.15) is 19.3 Å². The van der Waals surface area contributed by atoms with Gasteiger partial charge in [0.2, 0.25) is 0 Å². The van der Waals surface area contributed by atoms with Gasteiger partial charge in [-0.2, -0.15) is 0 Å². The largest absolute Gasteiger partial charge is 0.347 e. The Bertz CT molecular complexity index is 202. The zero-order valence-corrected chi connectivity index (χ0v) is 9.03. The summed E-state index contributed by atoms with van der Waals surface area (Å²) < 4.78 is 11.4. The summed E-state index contributed by atoms with van der Waals surface area (Å²) in [4.78, 5) is 2.18. The summed E-state index contributed by atoms with van der Waals surface area (Å²) in [5.74, 6) is -0.315. The highest BCUT2D eigenvalue weighted by atomic mass is 16.7. The third-order valence-corrected chi connectivity index (χ3v) is 3.35. The summed E-state index contributed by atoms with van der Waals surface area (Å²) in [7, 11) is 4.14. The second-order valence-electron chi connectivity index (χ2n) is 4.55. The summed E-state index contributed by atoms with van der Waals surface area (Å²) in [6.07, 6.45) is 2.84. The third-order valence-electron chi connectivity index (χ3n) is 3.35. The first-order chi connectivity index (χ1) is 6.63. The van der Waals surface area contributed by atoms with Gasteiger partial charge in [0.15, 0.2) is 5.79 Å². The van der Waals surface area contributed by atoms with E-state index in [1.165, 1.54) is 0 Å². The van der Waals surface area contributed by atoms with Gasteiger partial charge in [0.1, 0.15) is 0 Å². The van der Waals surface area contributed by atoms with E-state index in [2.05, 4.69) is 19.0 Å². The summed E-state index contributed by atoms with van der Waals surface area (Å²) in [6, 6.07) is 0.630. The van der Waals surface area contributed by atoms with Gasteiger partial charge in [-0.1, -0.05) is 0 Å². The van der Waals surface area contributed by atoms with Crippen LogP contribution in [0, 0.1) is 0 Å². The molecule has 2 aliphatic rings. The van der Waals surface area contributed by atoms with Crippen LogP contribution in [-0.2, 0) is 9.47 Å². The minimum absolute atomic E-state index is 0.253. The Morgan fingerprint density at radius 3 is 2.50 bits per heavy atom. The standard InChI is InChI=1S/C10H20N2O2/c1-12(2)9-7-10(4-3-8(9)11)13-5-6-14-10/h8-9H,3-7,11H2,1-2H3. The van der Waals surface area contributed by atoms with Crippen LogP contribution in [-0.4, -0.2) is 50.1 Å². The van der Waals surface area contributed by atoms with Crippen molar-refractivity contribution in [2.24, 2.45) is 5.73 Å². The lowest BCUT2D eigenvalue weighted by molar-refractivity contribution is -0.189. The van der Waals surface area contributed by atoms with Crippen LogP contribution >= 0.6 is 0 Å². The lowest BCUT2D eigenvalue weighted by Crippen LogP contribution is -2.54. The van der Waals surface area contributed by atoms with Crippen molar-refractivity contribution in [3.8, 4) is 0 Å². The number of nitrogens with two attached hydrogens (primary N) is 1. The molecule has 2 N–H and O–H groups in total. The van der Waals surface area contributed by atoms with Crippen LogP contribution in [0.5, 0.6) is 0 Å². The molecule has 4 nitrogen and oxygen atoms in total. The maximum Gasteiger partial charge on any atom is 0.170 e. The molecule has 1 saturated carbocycles. The van der Waals surface area contributed by atoms with Crippen molar-refractivity contribution in [1.29, 1.82) is 0 Å². The Labute approximate surface area is 85.3 Å². The molecule has 1 aliphatic heterocycles. The number of hydrogen-bond donors (Lipinski definition) is 1. The minimum Gasteiger partial charge on any atom is -0.347 e. The molecule has 1 aliphatic carbocycles. The van der Waals surface area contributed by atoms with Crippen molar-refractivity contribution in [3.05, 3.63) is 0 Å².